The number of benzene rings is 2. The normalized spacial score (nSPS) is 10.3. The molecular weight excluding hydrogens is 344 g/mol. The number of thiazole rings is 1. The van der Waals surface area contributed by atoms with Crippen LogP contribution in [0.25, 0.3) is 0 Å². The van der Waals surface area contributed by atoms with Crippen molar-refractivity contribution in [1.29, 1.82) is 5.26 Å². The number of hydrogen-bond acceptors (Lipinski definition) is 4. The van der Waals surface area contributed by atoms with Crippen LogP contribution >= 0.6 is 11.3 Å². The molecule has 1 amide bonds. The van der Waals surface area contributed by atoms with Gasteiger partial charge in [-0.05, 0) is 35.9 Å². The van der Waals surface area contributed by atoms with Crippen LogP contribution in [-0.4, -0.2) is 10.9 Å². The van der Waals surface area contributed by atoms with Crippen molar-refractivity contribution in [2.24, 2.45) is 0 Å². The van der Waals surface area contributed by atoms with Gasteiger partial charge in [-0.15, -0.1) is 11.3 Å². The molecule has 0 saturated heterocycles. The SMILES string of the molecule is N#Cc1ccc(Cc2cnc(NC(=O)c3cc(F)ccc3F)s2)cc1. The molecule has 0 radical (unpaired) electrons. The van der Waals surface area contributed by atoms with E-state index in [9.17, 15) is 13.6 Å². The molecule has 4 nitrogen and oxygen atoms in total. The molecule has 0 aliphatic heterocycles. The minimum absolute atomic E-state index is 0.303. The summed E-state index contributed by atoms with van der Waals surface area (Å²) in [6, 6.07) is 11.9. The number of amides is 1. The van der Waals surface area contributed by atoms with Crippen LogP contribution in [0.4, 0.5) is 13.9 Å². The summed E-state index contributed by atoms with van der Waals surface area (Å²) in [4.78, 5) is 17.0. The fourth-order valence-corrected chi connectivity index (χ4v) is 3.02. The summed E-state index contributed by atoms with van der Waals surface area (Å²) in [7, 11) is 0. The molecule has 25 heavy (non-hydrogen) atoms. The van der Waals surface area contributed by atoms with Crippen LogP contribution in [0.1, 0.15) is 26.4 Å². The molecule has 0 atom stereocenters. The Labute approximate surface area is 146 Å². The van der Waals surface area contributed by atoms with Gasteiger partial charge in [-0.2, -0.15) is 5.26 Å². The maximum atomic E-state index is 13.6. The van der Waals surface area contributed by atoms with E-state index >= 15 is 0 Å². The van der Waals surface area contributed by atoms with Crippen molar-refractivity contribution in [2.75, 3.05) is 5.32 Å². The van der Waals surface area contributed by atoms with Crippen LogP contribution in [0.3, 0.4) is 0 Å². The molecule has 0 saturated carbocycles. The molecule has 124 valence electrons. The summed E-state index contributed by atoms with van der Waals surface area (Å²) in [5, 5.41) is 11.6. The van der Waals surface area contributed by atoms with Crippen molar-refractivity contribution in [1.82, 2.24) is 4.98 Å². The average molecular weight is 355 g/mol. The number of rotatable bonds is 4. The van der Waals surface area contributed by atoms with Crippen molar-refractivity contribution >= 4 is 22.4 Å². The molecule has 7 heteroatoms. The first kappa shape index (κ1) is 16.7. The number of halogens is 2. The van der Waals surface area contributed by atoms with Crippen molar-refractivity contribution in [3.05, 3.63) is 81.9 Å². The van der Waals surface area contributed by atoms with Gasteiger partial charge in [0, 0.05) is 17.5 Å². The molecule has 1 N–H and O–H groups in total. The molecule has 0 unspecified atom stereocenters. The summed E-state index contributed by atoms with van der Waals surface area (Å²) in [6.07, 6.45) is 2.20. The predicted molar refractivity (Wildman–Crippen MR) is 90.4 cm³/mol. The smallest absolute Gasteiger partial charge is 0.260 e. The fourth-order valence-electron chi connectivity index (χ4n) is 2.18. The second-order valence-corrected chi connectivity index (χ2v) is 6.31. The minimum Gasteiger partial charge on any atom is -0.298 e. The lowest BCUT2D eigenvalue weighted by Crippen LogP contribution is -2.13. The second-order valence-electron chi connectivity index (χ2n) is 5.20. The number of carbonyl (C=O) groups is 1. The highest BCUT2D eigenvalue weighted by atomic mass is 32.1. The zero-order valence-electron chi connectivity index (χ0n) is 12.8. The van der Waals surface area contributed by atoms with Gasteiger partial charge in [0.2, 0.25) is 0 Å². The highest BCUT2D eigenvalue weighted by Gasteiger charge is 2.14. The van der Waals surface area contributed by atoms with E-state index in [1.165, 1.54) is 11.3 Å². The number of nitriles is 1. The molecule has 0 bridgehead atoms. The minimum atomic E-state index is -0.798. The molecule has 0 spiro atoms. The summed E-state index contributed by atoms with van der Waals surface area (Å²) in [5.41, 5.74) is 1.21. The van der Waals surface area contributed by atoms with E-state index in [-0.39, 0.29) is 5.56 Å². The summed E-state index contributed by atoms with van der Waals surface area (Å²) in [6.45, 7) is 0. The van der Waals surface area contributed by atoms with E-state index in [0.29, 0.717) is 17.1 Å². The Morgan fingerprint density at radius 3 is 2.68 bits per heavy atom. The van der Waals surface area contributed by atoms with Crippen molar-refractivity contribution in [2.45, 2.75) is 6.42 Å². The van der Waals surface area contributed by atoms with Crippen molar-refractivity contribution in [3.63, 3.8) is 0 Å². The topological polar surface area (TPSA) is 65.8 Å². The van der Waals surface area contributed by atoms with Gasteiger partial charge in [-0.3, -0.25) is 10.1 Å². The first-order chi connectivity index (χ1) is 12.0. The van der Waals surface area contributed by atoms with Crippen molar-refractivity contribution in [3.8, 4) is 6.07 Å². The van der Waals surface area contributed by atoms with Gasteiger partial charge in [-0.25, -0.2) is 13.8 Å². The quantitative estimate of drug-likeness (QED) is 0.765. The van der Waals surface area contributed by atoms with Crippen LogP contribution in [0.2, 0.25) is 0 Å². The van der Waals surface area contributed by atoms with Gasteiger partial charge >= 0.3 is 0 Å². The highest BCUT2D eigenvalue weighted by Crippen LogP contribution is 2.22. The first-order valence-corrected chi connectivity index (χ1v) is 8.07. The maximum Gasteiger partial charge on any atom is 0.260 e. The van der Waals surface area contributed by atoms with E-state index in [0.717, 1.165) is 28.6 Å². The number of nitrogens with zero attached hydrogens (tertiary/aromatic N) is 2. The van der Waals surface area contributed by atoms with Crippen molar-refractivity contribution < 1.29 is 13.6 Å². The lowest BCUT2D eigenvalue weighted by atomic mass is 10.1. The van der Waals surface area contributed by atoms with Crippen LogP contribution in [0, 0.1) is 23.0 Å². The van der Waals surface area contributed by atoms with Crippen LogP contribution < -0.4 is 5.32 Å². The second kappa shape index (κ2) is 7.20. The average Bonchev–Trinajstić information content (AvgIpc) is 3.04. The molecular formula is C18H11F2N3OS. The monoisotopic (exact) mass is 355 g/mol. The van der Waals surface area contributed by atoms with E-state index in [2.05, 4.69) is 16.4 Å². The zero-order valence-corrected chi connectivity index (χ0v) is 13.6. The number of hydrogen-bond donors (Lipinski definition) is 1. The van der Waals surface area contributed by atoms with Crippen LogP contribution in [0.5, 0.6) is 0 Å². The number of aromatic nitrogens is 1. The number of nitrogens with one attached hydrogen (secondary N) is 1. The molecule has 0 aliphatic rings. The molecule has 1 aromatic heterocycles. The molecule has 0 aliphatic carbocycles. The summed E-state index contributed by atoms with van der Waals surface area (Å²) < 4.78 is 26.8. The maximum absolute atomic E-state index is 13.6. The Balaban J connectivity index is 1.69. The van der Waals surface area contributed by atoms with Gasteiger partial charge in [0.1, 0.15) is 11.6 Å². The molecule has 1 heterocycles. The Bertz CT molecular complexity index is 961. The fraction of sp³-hybridized carbons (Fsp3) is 0.0556. The Hall–Kier alpha value is -3.11. The van der Waals surface area contributed by atoms with Gasteiger partial charge < -0.3 is 0 Å². The predicted octanol–water partition coefficient (Wildman–Crippen LogP) is 4.14. The van der Waals surface area contributed by atoms with Gasteiger partial charge in [-0.1, -0.05) is 12.1 Å². The van der Waals surface area contributed by atoms with Gasteiger partial charge in [0.05, 0.1) is 17.2 Å². The van der Waals surface area contributed by atoms with Crippen LogP contribution in [-0.2, 0) is 6.42 Å². The lowest BCUT2D eigenvalue weighted by molar-refractivity contribution is 0.102. The highest BCUT2D eigenvalue weighted by molar-refractivity contribution is 7.15. The first-order valence-electron chi connectivity index (χ1n) is 7.25. The largest absolute Gasteiger partial charge is 0.298 e. The molecule has 0 fully saturated rings. The Morgan fingerprint density at radius 2 is 1.96 bits per heavy atom. The third-order valence-electron chi connectivity index (χ3n) is 3.41. The Kier molecular flexibility index (Phi) is 4.82. The van der Waals surface area contributed by atoms with E-state index in [1.54, 1.807) is 18.3 Å². The molecule has 3 rings (SSSR count). The third-order valence-corrected chi connectivity index (χ3v) is 4.32. The van der Waals surface area contributed by atoms with Gasteiger partial charge in [0.25, 0.3) is 5.91 Å². The van der Waals surface area contributed by atoms with Gasteiger partial charge in [0.15, 0.2) is 5.13 Å². The Morgan fingerprint density at radius 1 is 1.20 bits per heavy atom. The summed E-state index contributed by atoms with van der Waals surface area (Å²) >= 11 is 1.25. The number of anilines is 1. The van der Waals surface area contributed by atoms with E-state index in [4.69, 9.17) is 5.26 Å². The summed E-state index contributed by atoms with van der Waals surface area (Å²) in [5.74, 6) is -2.24. The lowest BCUT2D eigenvalue weighted by Gasteiger charge is -2.03. The van der Waals surface area contributed by atoms with Crippen LogP contribution in [0.15, 0.2) is 48.7 Å². The number of carbonyl (C=O) groups excluding carboxylic acids is 1. The molecule has 3 aromatic rings. The zero-order chi connectivity index (χ0) is 17.8. The van der Waals surface area contributed by atoms with E-state index in [1.807, 2.05) is 12.1 Å². The molecule has 2 aromatic carbocycles. The third kappa shape index (κ3) is 4.05. The van der Waals surface area contributed by atoms with E-state index < -0.39 is 17.5 Å². The standard InChI is InChI=1S/C18H11F2N3OS/c19-13-5-6-16(20)15(8-13)17(24)23-18-22-10-14(25-18)7-11-1-3-12(9-21)4-2-11/h1-6,8,10H,7H2,(H,22,23,24).